The van der Waals surface area contributed by atoms with E-state index >= 15 is 0 Å². The SMILES string of the molecule is CCC(CC)C(NC)c1ccc(Cl)o1. The normalized spacial score (nSPS) is 13.5. The summed E-state index contributed by atoms with van der Waals surface area (Å²) in [6.45, 7) is 4.39. The lowest BCUT2D eigenvalue weighted by Crippen LogP contribution is -2.24. The van der Waals surface area contributed by atoms with E-state index < -0.39 is 0 Å². The van der Waals surface area contributed by atoms with Gasteiger partial charge in [-0.3, -0.25) is 0 Å². The van der Waals surface area contributed by atoms with E-state index in [4.69, 9.17) is 16.0 Å². The van der Waals surface area contributed by atoms with Gasteiger partial charge in [-0.15, -0.1) is 0 Å². The molecule has 0 bridgehead atoms. The van der Waals surface area contributed by atoms with Gasteiger partial charge in [0.25, 0.3) is 0 Å². The highest BCUT2D eigenvalue weighted by molar-refractivity contribution is 6.28. The molecular formula is C11H18ClNO. The average molecular weight is 216 g/mol. The fraction of sp³-hybridized carbons (Fsp3) is 0.636. The summed E-state index contributed by atoms with van der Waals surface area (Å²) in [6, 6.07) is 4.02. The summed E-state index contributed by atoms with van der Waals surface area (Å²) in [7, 11) is 1.96. The van der Waals surface area contributed by atoms with Crippen LogP contribution in [0.2, 0.25) is 5.22 Å². The molecule has 1 aromatic rings. The van der Waals surface area contributed by atoms with Crippen LogP contribution >= 0.6 is 11.6 Å². The van der Waals surface area contributed by atoms with Crippen molar-refractivity contribution in [1.82, 2.24) is 5.32 Å². The molecule has 0 aliphatic carbocycles. The highest BCUT2D eigenvalue weighted by Crippen LogP contribution is 2.29. The summed E-state index contributed by atoms with van der Waals surface area (Å²) in [5.41, 5.74) is 0. The molecule has 3 heteroatoms. The smallest absolute Gasteiger partial charge is 0.193 e. The van der Waals surface area contributed by atoms with Crippen molar-refractivity contribution in [3.63, 3.8) is 0 Å². The molecule has 0 saturated carbocycles. The minimum Gasteiger partial charge on any atom is -0.448 e. The van der Waals surface area contributed by atoms with Gasteiger partial charge in [0.05, 0.1) is 6.04 Å². The first-order chi connectivity index (χ1) is 6.72. The zero-order chi connectivity index (χ0) is 10.6. The monoisotopic (exact) mass is 215 g/mol. The predicted molar refractivity (Wildman–Crippen MR) is 59.6 cm³/mol. The van der Waals surface area contributed by atoms with Crippen LogP contribution in [0.3, 0.4) is 0 Å². The van der Waals surface area contributed by atoms with Gasteiger partial charge in [-0.25, -0.2) is 0 Å². The quantitative estimate of drug-likeness (QED) is 0.812. The van der Waals surface area contributed by atoms with E-state index in [1.807, 2.05) is 13.1 Å². The van der Waals surface area contributed by atoms with Crippen LogP contribution < -0.4 is 5.32 Å². The summed E-state index contributed by atoms with van der Waals surface area (Å²) in [5.74, 6) is 1.54. The fourth-order valence-corrected chi connectivity index (χ4v) is 2.02. The van der Waals surface area contributed by atoms with E-state index in [1.165, 1.54) is 0 Å². The zero-order valence-corrected chi connectivity index (χ0v) is 9.77. The topological polar surface area (TPSA) is 25.2 Å². The fourth-order valence-electron chi connectivity index (χ4n) is 1.87. The molecule has 1 N–H and O–H groups in total. The number of hydrogen-bond acceptors (Lipinski definition) is 2. The number of hydrogen-bond donors (Lipinski definition) is 1. The molecule has 1 unspecified atom stereocenters. The Labute approximate surface area is 90.6 Å². The summed E-state index contributed by atoms with van der Waals surface area (Å²) >= 11 is 5.76. The number of nitrogens with one attached hydrogen (secondary N) is 1. The van der Waals surface area contributed by atoms with E-state index in [-0.39, 0.29) is 6.04 Å². The number of halogens is 1. The van der Waals surface area contributed by atoms with Crippen molar-refractivity contribution >= 4 is 11.6 Å². The molecule has 14 heavy (non-hydrogen) atoms. The van der Waals surface area contributed by atoms with Crippen LogP contribution in [0.25, 0.3) is 0 Å². The van der Waals surface area contributed by atoms with Gasteiger partial charge in [-0.05, 0) is 36.7 Å². The summed E-state index contributed by atoms with van der Waals surface area (Å²) < 4.78 is 5.42. The maximum Gasteiger partial charge on any atom is 0.193 e. The Morgan fingerprint density at radius 3 is 2.36 bits per heavy atom. The third-order valence-corrected chi connectivity index (χ3v) is 2.93. The average Bonchev–Trinajstić information content (AvgIpc) is 2.60. The predicted octanol–water partition coefficient (Wildman–Crippen LogP) is 3.63. The maximum absolute atomic E-state index is 5.76. The number of rotatable bonds is 5. The second kappa shape index (κ2) is 5.42. The van der Waals surface area contributed by atoms with E-state index in [0.717, 1.165) is 18.6 Å². The Bertz CT molecular complexity index is 268. The first-order valence-electron chi connectivity index (χ1n) is 5.15. The van der Waals surface area contributed by atoms with E-state index in [2.05, 4.69) is 19.2 Å². The second-order valence-corrected chi connectivity index (χ2v) is 3.86. The summed E-state index contributed by atoms with van der Waals surface area (Å²) in [6.07, 6.45) is 2.28. The molecule has 0 aromatic carbocycles. The Morgan fingerprint density at radius 1 is 1.36 bits per heavy atom. The lowest BCUT2D eigenvalue weighted by Gasteiger charge is -2.22. The van der Waals surface area contributed by atoms with Gasteiger partial charge in [0.1, 0.15) is 5.76 Å². The molecule has 1 heterocycles. The molecule has 0 aliphatic rings. The van der Waals surface area contributed by atoms with Crippen LogP contribution in [0.5, 0.6) is 0 Å². The van der Waals surface area contributed by atoms with E-state index in [9.17, 15) is 0 Å². The molecule has 80 valence electrons. The second-order valence-electron chi connectivity index (χ2n) is 3.48. The van der Waals surface area contributed by atoms with Crippen molar-refractivity contribution in [3.05, 3.63) is 23.1 Å². The Hall–Kier alpha value is -0.470. The van der Waals surface area contributed by atoms with Gasteiger partial charge >= 0.3 is 0 Å². The van der Waals surface area contributed by atoms with Crippen molar-refractivity contribution in [2.24, 2.45) is 5.92 Å². The van der Waals surface area contributed by atoms with Crippen molar-refractivity contribution in [2.45, 2.75) is 32.7 Å². The standard InChI is InChI=1S/C11H18ClNO/c1-4-8(5-2)11(13-3)9-6-7-10(12)14-9/h6-8,11,13H,4-5H2,1-3H3. The molecule has 2 nitrogen and oxygen atoms in total. The van der Waals surface area contributed by atoms with Crippen LogP contribution in [0.15, 0.2) is 16.5 Å². The zero-order valence-electron chi connectivity index (χ0n) is 9.01. The van der Waals surface area contributed by atoms with Crippen LogP contribution in [0, 0.1) is 5.92 Å². The van der Waals surface area contributed by atoms with Crippen LogP contribution in [0.4, 0.5) is 0 Å². The summed E-state index contributed by atoms with van der Waals surface area (Å²) in [4.78, 5) is 0. The molecule has 1 atom stereocenters. The minimum atomic E-state index is 0.275. The van der Waals surface area contributed by atoms with Gasteiger partial charge in [-0.1, -0.05) is 26.7 Å². The van der Waals surface area contributed by atoms with Gasteiger partial charge in [0, 0.05) is 0 Å². The van der Waals surface area contributed by atoms with Crippen molar-refractivity contribution in [3.8, 4) is 0 Å². The van der Waals surface area contributed by atoms with Crippen LogP contribution in [-0.2, 0) is 0 Å². The van der Waals surface area contributed by atoms with Crippen LogP contribution in [-0.4, -0.2) is 7.05 Å². The first-order valence-corrected chi connectivity index (χ1v) is 5.53. The molecule has 0 aliphatic heterocycles. The first kappa shape index (κ1) is 11.6. The molecular weight excluding hydrogens is 198 g/mol. The molecule has 0 spiro atoms. The van der Waals surface area contributed by atoms with Gasteiger partial charge in [-0.2, -0.15) is 0 Å². The molecule has 1 aromatic heterocycles. The third kappa shape index (κ3) is 2.52. The Morgan fingerprint density at radius 2 is 2.00 bits per heavy atom. The van der Waals surface area contributed by atoms with E-state index in [1.54, 1.807) is 6.07 Å². The lowest BCUT2D eigenvalue weighted by molar-refractivity contribution is 0.309. The summed E-state index contributed by atoms with van der Waals surface area (Å²) in [5, 5.41) is 3.75. The van der Waals surface area contributed by atoms with Gasteiger partial charge in [0.2, 0.25) is 0 Å². The number of furan rings is 1. The highest BCUT2D eigenvalue weighted by Gasteiger charge is 2.21. The van der Waals surface area contributed by atoms with Gasteiger partial charge in [0.15, 0.2) is 5.22 Å². The van der Waals surface area contributed by atoms with Crippen molar-refractivity contribution in [2.75, 3.05) is 7.05 Å². The molecule has 0 saturated heterocycles. The molecule has 0 fully saturated rings. The maximum atomic E-state index is 5.76. The highest BCUT2D eigenvalue weighted by atomic mass is 35.5. The van der Waals surface area contributed by atoms with Crippen molar-refractivity contribution in [1.29, 1.82) is 0 Å². The largest absolute Gasteiger partial charge is 0.448 e. The van der Waals surface area contributed by atoms with Crippen molar-refractivity contribution < 1.29 is 4.42 Å². The molecule has 0 amide bonds. The van der Waals surface area contributed by atoms with E-state index in [0.29, 0.717) is 11.1 Å². The lowest BCUT2D eigenvalue weighted by atomic mass is 9.92. The van der Waals surface area contributed by atoms with Crippen LogP contribution in [0.1, 0.15) is 38.5 Å². The third-order valence-electron chi connectivity index (χ3n) is 2.73. The Kier molecular flexibility index (Phi) is 4.49. The Balaban J connectivity index is 2.80. The molecule has 1 rings (SSSR count). The molecule has 0 radical (unpaired) electrons. The van der Waals surface area contributed by atoms with Gasteiger partial charge < -0.3 is 9.73 Å². The minimum absolute atomic E-state index is 0.275.